The van der Waals surface area contributed by atoms with Crippen molar-refractivity contribution in [2.75, 3.05) is 6.54 Å². The summed E-state index contributed by atoms with van der Waals surface area (Å²) in [4.78, 5) is 62.6. The normalized spacial score (nSPS) is 19.9. The van der Waals surface area contributed by atoms with E-state index in [0.29, 0.717) is 31.6 Å². The van der Waals surface area contributed by atoms with E-state index in [1.807, 2.05) is 19.1 Å². The summed E-state index contributed by atoms with van der Waals surface area (Å²) in [5.74, 6) is -0.505. The van der Waals surface area contributed by atoms with Gasteiger partial charge in [0, 0.05) is 47.7 Å². The van der Waals surface area contributed by atoms with Crippen LogP contribution in [0.4, 0.5) is 0 Å². The van der Waals surface area contributed by atoms with Crippen LogP contribution in [-0.2, 0) is 36.8 Å². The van der Waals surface area contributed by atoms with Gasteiger partial charge in [0.25, 0.3) is 0 Å². The number of aliphatic imine (C=N–C) groups is 1. The van der Waals surface area contributed by atoms with Crippen molar-refractivity contribution in [2.45, 2.75) is 71.0 Å². The molecule has 11 heteroatoms. The van der Waals surface area contributed by atoms with E-state index in [9.17, 15) is 14.4 Å². The van der Waals surface area contributed by atoms with Gasteiger partial charge >= 0.3 is 6.15 Å². The Labute approximate surface area is 244 Å². The molecule has 2 heterocycles. The van der Waals surface area contributed by atoms with Gasteiger partial charge in [0.1, 0.15) is 12.1 Å². The maximum atomic E-state index is 13.5. The predicted molar refractivity (Wildman–Crippen MR) is 161 cm³/mol. The van der Waals surface area contributed by atoms with Crippen LogP contribution in [0.5, 0.6) is 0 Å². The Bertz CT molecular complexity index is 1510. The van der Waals surface area contributed by atoms with E-state index in [-0.39, 0.29) is 30.4 Å². The van der Waals surface area contributed by atoms with Crippen molar-refractivity contribution in [1.82, 2.24) is 20.9 Å². The minimum atomic E-state index is -0.834. The molecule has 11 nitrogen and oxygen atoms in total. The van der Waals surface area contributed by atoms with Crippen LogP contribution in [0.15, 0.2) is 53.5 Å². The molecular weight excluding hydrogens is 536 g/mol. The molecule has 1 unspecified atom stereocenters. The third-order valence-corrected chi connectivity index (χ3v) is 6.90. The number of nitrogens with one attached hydrogen (secondary N) is 4. The molecule has 42 heavy (non-hydrogen) atoms. The summed E-state index contributed by atoms with van der Waals surface area (Å²) in [6.07, 6.45) is 7.15. The van der Waals surface area contributed by atoms with Crippen LogP contribution in [0, 0.1) is 0 Å². The van der Waals surface area contributed by atoms with Crippen molar-refractivity contribution in [3.8, 4) is 0 Å². The molecule has 3 atom stereocenters. The van der Waals surface area contributed by atoms with Crippen LogP contribution < -0.4 is 21.7 Å². The second-order valence-corrected chi connectivity index (χ2v) is 10.5. The highest BCUT2D eigenvalue weighted by Gasteiger charge is 2.27. The third-order valence-electron chi connectivity index (χ3n) is 6.90. The average molecular weight is 575 g/mol. The molecule has 0 aliphatic carbocycles. The zero-order chi connectivity index (χ0) is 30.6. The Kier molecular flexibility index (Phi) is 11.6. The van der Waals surface area contributed by atoms with Gasteiger partial charge in [-0.25, -0.2) is 0 Å². The number of amides is 3. The molecule has 0 radical (unpaired) electrons. The molecule has 0 saturated carbocycles. The number of benzene rings is 2. The summed E-state index contributed by atoms with van der Waals surface area (Å²) in [6, 6.07) is 10.7. The first kappa shape index (κ1) is 31.8. The first-order valence-electron chi connectivity index (χ1n) is 13.9. The Balaban J connectivity index is 0.00000155. The lowest BCUT2D eigenvalue weighted by Gasteiger charge is -2.24. The zero-order valence-corrected chi connectivity index (χ0v) is 24.2. The van der Waals surface area contributed by atoms with Crippen molar-refractivity contribution in [3.63, 3.8) is 0 Å². The Morgan fingerprint density at radius 3 is 2.29 bits per heavy atom. The Hall–Kier alpha value is -4.76. The number of nitrogens with two attached hydrogens (primary N) is 1. The monoisotopic (exact) mass is 574 g/mol. The molecule has 222 valence electrons. The number of carbonyl (C=O) groups is 3. The van der Waals surface area contributed by atoms with E-state index in [4.69, 9.17) is 15.3 Å². The van der Waals surface area contributed by atoms with Gasteiger partial charge in [-0.05, 0) is 74.9 Å². The van der Waals surface area contributed by atoms with Gasteiger partial charge in [-0.3, -0.25) is 19.4 Å². The number of fused-ring (bicyclic) bond motifs is 2. The van der Waals surface area contributed by atoms with E-state index < -0.39 is 18.0 Å². The number of hydrogen-bond acceptors (Lipinski definition) is 6. The van der Waals surface area contributed by atoms with Crippen LogP contribution in [0.1, 0.15) is 51.2 Å². The summed E-state index contributed by atoms with van der Waals surface area (Å²) in [5.41, 5.74) is 9.80. The predicted octanol–water partition coefficient (Wildman–Crippen LogP) is 2.43. The van der Waals surface area contributed by atoms with Crippen LogP contribution in [-0.4, -0.2) is 59.4 Å². The molecule has 1 aromatic heterocycles. The lowest BCUT2D eigenvalue weighted by atomic mass is 10.0. The van der Waals surface area contributed by atoms with Crippen LogP contribution in [0.25, 0.3) is 21.8 Å². The average Bonchev–Trinajstić information content (AvgIpc) is 3.29. The smallest absolute Gasteiger partial charge is 0.373 e. The van der Waals surface area contributed by atoms with Gasteiger partial charge in [-0.2, -0.15) is 9.59 Å². The van der Waals surface area contributed by atoms with E-state index in [1.165, 1.54) is 12.5 Å². The number of nitrogens with zero attached hydrogens (tertiary/aromatic N) is 1. The molecule has 0 fully saturated rings. The molecule has 0 spiro atoms. The summed E-state index contributed by atoms with van der Waals surface area (Å²) >= 11 is 0. The fourth-order valence-electron chi connectivity index (χ4n) is 4.95. The first-order chi connectivity index (χ1) is 20.1. The fraction of sp³-hybridized carbons (Fsp3) is 0.387. The van der Waals surface area contributed by atoms with E-state index in [2.05, 4.69) is 62.3 Å². The number of H-pyrrole nitrogens is 1. The molecule has 4 bridgehead atoms. The molecule has 1 aliphatic rings. The summed E-state index contributed by atoms with van der Waals surface area (Å²) < 4.78 is 0. The highest BCUT2D eigenvalue weighted by atomic mass is 16.2. The van der Waals surface area contributed by atoms with Crippen molar-refractivity contribution in [1.29, 1.82) is 0 Å². The van der Waals surface area contributed by atoms with Crippen molar-refractivity contribution < 1.29 is 24.0 Å². The quantitative estimate of drug-likeness (QED) is 0.135. The second-order valence-electron chi connectivity index (χ2n) is 10.5. The Morgan fingerprint density at radius 2 is 1.64 bits per heavy atom. The maximum absolute atomic E-state index is 13.5. The van der Waals surface area contributed by atoms with Crippen molar-refractivity contribution in [3.05, 3.63) is 59.7 Å². The lowest BCUT2D eigenvalue weighted by molar-refractivity contribution is -0.191. The summed E-state index contributed by atoms with van der Waals surface area (Å²) in [5, 5.41) is 10.9. The van der Waals surface area contributed by atoms with Crippen molar-refractivity contribution >= 4 is 51.5 Å². The molecule has 6 N–H and O–H groups in total. The highest BCUT2D eigenvalue weighted by Crippen LogP contribution is 2.28. The van der Waals surface area contributed by atoms with Gasteiger partial charge in [0.05, 0.1) is 5.84 Å². The van der Waals surface area contributed by atoms with E-state index >= 15 is 0 Å². The molecular formula is C31H38N6O5. The second kappa shape index (κ2) is 15.3. The maximum Gasteiger partial charge on any atom is 0.373 e. The number of carbonyl (C=O) groups excluding carboxylic acids is 5. The van der Waals surface area contributed by atoms with E-state index in [0.717, 1.165) is 33.8 Å². The number of hydrogen-bond donors (Lipinski definition) is 5. The number of aromatic nitrogens is 1. The SMILES string of the molecule is CC(=O)NC1Cc2ccc3[nH]c4ccc(cc4c3c2)CC=CC[C@@H](C)NC(=O)[C@@H](CCCN=C(C)N)NC1=O.O=C=O. The molecule has 2 aromatic carbocycles. The number of aromatic amines is 1. The number of allylic oxidation sites excluding steroid dienone is 1. The summed E-state index contributed by atoms with van der Waals surface area (Å²) in [6.45, 7) is 5.50. The topological polar surface area (TPSA) is 176 Å². The number of amidine groups is 1. The standard InChI is InChI=1S/C30H38N6O3.CO2/c1-18-7-4-5-8-21-10-12-25-23(15-21)24-16-22(11-13-26(24)35-25)17-28(34-20(3)37)30(39)36-27(29(38)33-18)9-6-14-32-19(2)31;2-1-3/h4-5,10-13,15-16,18,27-28,35H,6-9,14,17H2,1-3H3,(H2,31,32)(H,33,38)(H,34,37)(H,36,39);/t18-,27-,28?;/m1./s1. The molecule has 4 rings (SSSR count). The minimum Gasteiger partial charge on any atom is -0.388 e. The molecule has 3 aromatic rings. The minimum absolute atomic E-state index is 0.117. The van der Waals surface area contributed by atoms with Gasteiger partial charge in [-0.1, -0.05) is 24.3 Å². The highest BCUT2D eigenvalue weighted by molar-refractivity contribution is 6.07. The lowest BCUT2D eigenvalue weighted by Crippen LogP contribution is -2.55. The Morgan fingerprint density at radius 1 is 1.00 bits per heavy atom. The molecule has 0 saturated heterocycles. The van der Waals surface area contributed by atoms with Gasteiger partial charge in [-0.15, -0.1) is 0 Å². The van der Waals surface area contributed by atoms with Crippen LogP contribution >= 0.6 is 0 Å². The van der Waals surface area contributed by atoms with E-state index in [1.54, 1.807) is 6.92 Å². The number of rotatable bonds is 5. The third kappa shape index (κ3) is 9.14. The molecule has 1 aliphatic heterocycles. The fourth-order valence-corrected chi connectivity index (χ4v) is 4.95. The molecule has 3 amide bonds. The van der Waals surface area contributed by atoms with Gasteiger partial charge < -0.3 is 26.7 Å². The first-order valence-corrected chi connectivity index (χ1v) is 13.9. The zero-order valence-electron chi connectivity index (χ0n) is 24.2. The van der Waals surface area contributed by atoms with Crippen LogP contribution in [0.2, 0.25) is 0 Å². The largest absolute Gasteiger partial charge is 0.388 e. The van der Waals surface area contributed by atoms with Crippen molar-refractivity contribution in [2.24, 2.45) is 10.7 Å². The van der Waals surface area contributed by atoms with Crippen LogP contribution in [0.3, 0.4) is 0 Å². The van der Waals surface area contributed by atoms with Gasteiger partial charge in [0.2, 0.25) is 17.7 Å². The summed E-state index contributed by atoms with van der Waals surface area (Å²) in [7, 11) is 0. The van der Waals surface area contributed by atoms with Gasteiger partial charge in [0.15, 0.2) is 0 Å².